The maximum Gasteiger partial charge on any atom is 0.229 e. The number of rotatable bonds is 8. The lowest BCUT2D eigenvalue weighted by atomic mass is 9.96. The first-order valence-corrected chi connectivity index (χ1v) is 12.4. The molecule has 1 saturated carbocycles. The first-order valence-electron chi connectivity index (χ1n) is 10.5. The van der Waals surface area contributed by atoms with Gasteiger partial charge in [0.2, 0.25) is 10.0 Å². The molecule has 4 rings (SSSR count). The number of hydrogen-bond donors (Lipinski definition) is 2. The summed E-state index contributed by atoms with van der Waals surface area (Å²) in [5.41, 5.74) is 3.32. The van der Waals surface area contributed by atoms with E-state index in [2.05, 4.69) is 45.3 Å². The summed E-state index contributed by atoms with van der Waals surface area (Å²) in [7, 11) is -3.22. The summed E-state index contributed by atoms with van der Waals surface area (Å²) in [5.74, 6) is 1.47. The molecule has 156 valence electrons. The molecule has 0 amide bonds. The average Bonchev–Trinajstić information content (AvgIpc) is 3.48. The third-order valence-electron chi connectivity index (χ3n) is 6.06. The van der Waals surface area contributed by atoms with Gasteiger partial charge in [-0.05, 0) is 68.1 Å². The van der Waals surface area contributed by atoms with Crippen LogP contribution in [0.3, 0.4) is 0 Å². The highest BCUT2D eigenvalue weighted by Crippen LogP contribution is 2.40. The van der Waals surface area contributed by atoms with Crippen molar-refractivity contribution < 1.29 is 8.42 Å². The molecule has 2 aromatic rings. The number of nitrogens with one attached hydrogen (secondary N) is 2. The topological polar surface area (TPSA) is 61.4 Å². The molecule has 1 aliphatic carbocycles. The Labute approximate surface area is 174 Å². The predicted molar refractivity (Wildman–Crippen MR) is 119 cm³/mol. The van der Waals surface area contributed by atoms with Crippen molar-refractivity contribution in [3.05, 3.63) is 65.7 Å². The van der Waals surface area contributed by atoms with E-state index in [-0.39, 0.29) is 0 Å². The standard InChI is InChI=1S/C23H31N3O2S/c1-29(27,28)25-21-9-7-19(8-10-21)17-26-13-11-18(12-14-26)16-24-23-15-22(23)20-5-3-2-4-6-20/h2-10,18,22-25H,11-17H2,1H3/t22-,23+/m0/s1. The number of likely N-dealkylation sites (tertiary alicyclic amines) is 1. The molecule has 0 radical (unpaired) electrons. The molecule has 0 spiro atoms. The molecule has 2 fully saturated rings. The lowest BCUT2D eigenvalue weighted by Gasteiger charge is -2.32. The Morgan fingerprint density at radius 2 is 1.69 bits per heavy atom. The summed E-state index contributed by atoms with van der Waals surface area (Å²) < 4.78 is 25.1. The van der Waals surface area contributed by atoms with Crippen molar-refractivity contribution in [2.45, 2.75) is 37.8 Å². The minimum Gasteiger partial charge on any atom is -0.313 e. The van der Waals surface area contributed by atoms with E-state index in [0.717, 1.165) is 32.1 Å². The van der Waals surface area contributed by atoms with Crippen molar-refractivity contribution in [1.82, 2.24) is 10.2 Å². The summed E-state index contributed by atoms with van der Waals surface area (Å²) in [6, 6.07) is 19.2. The second kappa shape index (κ2) is 8.86. The Morgan fingerprint density at radius 3 is 2.34 bits per heavy atom. The van der Waals surface area contributed by atoms with Gasteiger partial charge in [-0.3, -0.25) is 9.62 Å². The molecule has 2 N–H and O–H groups in total. The maximum absolute atomic E-state index is 11.3. The van der Waals surface area contributed by atoms with Crippen LogP contribution in [-0.4, -0.2) is 45.2 Å². The van der Waals surface area contributed by atoms with Crippen LogP contribution >= 0.6 is 0 Å². The van der Waals surface area contributed by atoms with Gasteiger partial charge in [0.15, 0.2) is 0 Å². The fourth-order valence-electron chi connectivity index (χ4n) is 4.31. The van der Waals surface area contributed by atoms with E-state index >= 15 is 0 Å². The van der Waals surface area contributed by atoms with Crippen LogP contribution in [0.1, 0.15) is 36.3 Å². The molecule has 2 aliphatic rings. The zero-order chi connectivity index (χ0) is 20.3. The molecule has 2 aromatic carbocycles. The Kier molecular flexibility index (Phi) is 6.23. The van der Waals surface area contributed by atoms with Crippen molar-refractivity contribution in [3.8, 4) is 0 Å². The van der Waals surface area contributed by atoms with E-state index in [1.54, 1.807) is 0 Å². The zero-order valence-electron chi connectivity index (χ0n) is 17.0. The van der Waals surface area contributed by atoms with E-state index in [0.29, 0.717) is 17.6 Å². The first-order chi connectivity index (χ1) is 14.0. The number of piperidine rings is 1. The van der Waals surface area contributed by atoms with Crippen molar-refractivity contribution in [1.29, 1.82) is 0 Å². The first kappa shape index (κ1) is 20.4. The van der Waals surface area contributed by atoms with Gasteiger partial charge in [-0.2, -0.15) is 0 Å². The summed E-state index contributed by atoms with van der Waals surface area (Å²) in [6.07, 6.45) is 4.92. The quantitative estimate of drug-likeness (QED) is 0.696. The van der Waals surface area contributed by atoms with Gasteiger partial charge in [0.25, 0.3) is 0 Å². The summed E-state index contributed by atoms with van der Waals surface area (Å²) in [6.45, 7) is 4.32. The molecule has 0 aromatic heterocycles. The summed E-state index contributed by atoms with van der Waals surface area (Å²) in [5, 5.41) is 3.79. The van der Waals surface area contributed by atoms with E-state index in [4.69, 9.17) is 0 Å². The zero-order valence-corrected chi connectivity index (χ0v) is 17.9. The smallest absolute Gasteiger partial charge is 0.229 e. The molecular formula is C23H31N3O2S. The average molecular weight is 414 g/mol. The molecule has 29 heavy (non-hydrogen) atoms. The van der Waals surface area contributed by atoms with Crippen molar-refractivity contribution in [3.63, 3.8) is 0 Å². The van der Waals surface area contributed by atoms with Crippen molar-refractivity contribution in [2.24, 2.45) is 5.92 Å². The lowest BCUT2D eigenvalue weighted by Crippen LogP contribution is -2.37. The molecule has 2 atom stereocenters. The van der Waals surface area contributed by atoms with Crippen LogP contribution in [0.25, 0.3) is 0 Å². The number of sulfonamides is 1. The molecule has 0 bridgehead atoms. The Bertz CT molecular complexity index is 891. The van der Waals surface area contributed by atoms with Gasteiger partial charge >= 0.3 is 0 Å². The molecule has 1 aliphatic heterocycles. The van der Waals surface area contributed by atoms with Crippen LogP contribution in [0.2, 0.25) is 0 Å². The van der Waals surface area contributed by atoms with Gasteiger partial charge in [0.05, 0.1) is 6.26 Å². The van der Waals surface area contributed by atoms with Gasteiger partial charge in [-0.15, -0.1) is 0 Å². The van der Waals surface area contributed by atoms with Crippen LogP contribution in [0.4, 0.5) is 5.69 Å². The van der Waals surface area contributed by atoms with E-state index < -0.39 is 10.0 Å². The molecular weight excluding hydrogens is 382 g/mol. The Morgan fingerprint density at radius 1 is 1.00 bits per heavy atom. The van der Waals surface area contributed by atoms with Crippen LogP contribution in [-0.2, 0) is 16.6 Å². The van der Waals surface area contributed by atoms with Gasteiger partial charge in [0.1, 0.15) is 0 Å². The van der Waals surface area contributed by atoms with Crippen molar-refractivity contribution in [2.75, 3.05) is 30.6 Å². The van der Waals surface area contributed by atoms with Crippen LogP contribution < -0.4 is 10.0 Å². The van der Waals surface area contributed by atoms with Crippen LogP contribution in [0.15, 0.2) is 54.6 Å². The van der Waals surface area contributed by atoms with Crippen molar-refractivity contribution >= 4 is 15.7 Å². The molecule has 6 heteroatoms. The van der Waals surface area contributed by atoms with Gasteiger partial charge in [-0.1, -0.05) is 42.5 Å². The van der Waals surface area contributed by atoms with Gasteiger partial charge in [0, 0.05) is 24.2 Å². The number of hydrogen-bond acceptors (Lipinski definition) is 4. The largest absolute Gasteiger partial charge is 0.313 e. The van der Waals surface area contributed by atoms with E-state index in [9.17, 15) is 8.42 Å². The van der Waals surface area contributed by atoms with Crippen LogP contribution in [0, 0.1) is 5.92 Å². The normalized spacial score (nSPS) is 23.1. The predicted octanol–water partition coefficient (Wildman–Crippen LogP) is 3.42. The minimum absolute atomic E-state index is 0.620. The van der Waals surface area contributed by atoms with E-state index in [1.807, 2.05) is 24.3 Å². The molecule has 1 saturated heterocycles. The fourth-order valence-corrected chi connectivity index (χ4v) is 4.87. The van der Waals surface area contributed by atoms with Crippen LogP contribution in [0.5, 0.6) is 0 Å². The SMILES string of the molecule is CS(=O)(=O)Nc1ccc(CN2CCC(CN[C@@H]3C[C@H]3c3ccccc3)CC2)cc1. The number of nitrogens with zero attached hydrogens (tertiary/aromatic N) is 1. The summed E-state index contributed by atoms with van der Waals surface area (Å²) >= 11 is 0. The molecule has 1 heterocycles. The lowest BCUT2D eigenvalue weighted by molar-refractivity contribution is 0.175. The highest BCUT2D eigenvalue weighted by atomic mass is 32.2. The summed E-state index contributed by atoms with van der Waals surface area (Å²) in [4.78, 5) is 2.50. The Hall–Kier alpha value is -1.89. The highest BCUT2D eigenvalue weighted by Gasteiger charge is 2.38. The highest BCUT2D eigenvalue weighted by molar-refractivity contribution is 7.92. The number of anilines is 1. The maximum atomic E-state index is 11.3. The Balaban J connectivity index is 1.16. The van der Waals surface area contributed by atoms with Gasteiger partial charge in [-0.25, -0.2) is 8.42 Å². The molecule has 5 nitrogen and oxygen atoms in total. The fraction of sp³-hybridized carbons (Fsp3) is 0.478. The monoisotopic (exact) mass is 413 g/mol. The molecule has 0 unspecified atom stereocenters. The van der Waals surface area contributed by atoms with Gasteiger partial charge < -0.3 is 5.32 Å². The third-order valence-corrected chi connectivity index (χ3v) is 6.66. The third kappa shape index (κ3) is 6.04. The minimum atomic E-state index is -3.22. The van der Waals surface area contributed by atoms with E-state index in [1.165, 1.54) is 36.6 Å². The second-order valence-electron chi connectivity index (χ2n) is 8.56. The second-order valence-corrected chi connectivity index (χ2v) is 10.3. The number of benzene rings is 2.